The van der Waals surface area contributed by atoms with Crippen molar-refractivity contribution in [1.29, 1.82) is 0 Å². The van der Waals surface area contributed by atoms with Gasteiger partial charge in [0.1, 0.15) is 0 Å². The summed E-state index contributed by atoms with van der Waals surface area (Å²) in [5.41, 5.74) is 8.41. The van der Waals surface area contributed by atoms with Gasteiger partial charge in [0, 0.05) is 6.54 Å². The van der Waals surface area contributed by atoms with E-state index >= 15 is 0 Å². The standard InChI is InChI=1S/C5H11N5/c6-4-8-5-7-2-1-3-10(5)9-4/h5,7H,1-3H2,(H3,6,8,9). The van der Waals surface area contributed by atoms with Crippen molar-refractivity contribution in [1.82, 2.24) is 15.8 Å². The number of hydrogen-bond acceptors (Lipinski definition) is 5. The molecule has 0 aromatic rings. The van der Waals surface area contributed by atoms with E-state index in [1.165, 1.54) is 0 Å². The van der Waals surface area contributed by atoms with Gasteiger partial charge in [0.15, 0.2) is 6.29 Å². The summed E-state index contributed by atoms with van der Waals surface area (Å²) in [6, 6.07) is 0. The Bertz CT molecular complexity index is 165. The van der Waals surface area contributed by atoms with Crippen molar-refractivity contribution in [3.05, 3.63) is 0 Å². The molecule has 0 bridgehead atoms. The normalized spacial score (nSPS) is 32.8. The molecule has 0 radical (unpaired) electrons. The summed E-state index contributed by atoms with van der Waals surface area (Å²) in [4.78, 5) is 4.11. The van der Waals surface area contributed by atoms with Crippen LogP contribution in [0.2, 0.25) is 0 Å². The SMILES string of the molecule is NC1=NC2NCCCN2N1. The van der Waals surface area contributed by atoms with Gasteiger partial charge in [0.05, 0.1) is 0 Å². The average Bonchev–Trinajstić information content (AvgIpc) is 2.27. The summed E-state index contributed by atoms with van der Waals surface area (Å²) >= 11 is 0. The van der Waals surface area contributed by atoms with Crippen LogP contribution < -0.4 is 16.5 Å². The molecule has 0 amide bonds. The lowest BCUT2D eigenvalue weighted by molar-refractivity contribution is 0.127. The number of aliphatic imine (C=N–C) groups is 1. The Balaban J connectivity index is 2.06. The van der Waals surface area contributed by atoms with Crippen LogP contribution in [-0.2, 0) is 0 Å². The van der Waals surface area contributed by atoms with Gasteiger partial charge in [-0.05, 0) is 13.0 Å². The fourth-order valence-electron chi connectivity index (χ4n) is 1.25. The van der Waals surface area contributed by atoms with Crippen LogP contribution in [0.15, 0.2) is 4.99 Å². The fraction of sp³-hybridized carbons (Fsp3) is 0.800. The maximum absolute atomic E-state index is 5.45. The summed E-state index contributed by atoms with van der Waals surface area (Å²) in [5, 5.41) is 5.21. The van der Waals surface area contributed by atoms with Gasteiger partial charge in [0.2, 0.25) is 5.96 Å². The molecular formula is C5H11N5. The molecule has 0 spiro atoms. The molecule has 0 aromatic heterocycles. The number of rotatable bonds is 0. The molecule has 2 aliphatic rings. The molecule has 1 saturated heterocycles. The number of nitrogens with zero attached hydrogens (tertiary/aromatic N) is 2. The van der Waals surface area contributed by atoms with Crippen LogP contribution in [0.1, 0.15) is 6.42 Å². The lowest BCUT2D eigenvalue weighted by Crippen LogP contribution is -2.53. The van der Waals surface area contributed by atoms with Gasteiger partial charge >= 0.3 is 0 Å². The van der Waals surface area contributed by atoms with E-state index in [1.54, 1.807) is 0 Å². The molecule has 2 aliphatic heterocycles. The smallest absolute Gasteiger partial charge is 0.206 e. The van der Waals surface area contributed by atoms with Gasteiger partial charge in [-0.15, -0.1) is 0 Å². The van der Waals surface area contributed by atoms with Crippen molar-refractivity contribution in [3.63, 3.8) is 0 Å². The third-order valence-electron chi connectivity index (χ3n) is 1.72. The number of nitrogens with two attached hydrogens (primary N) is 1. The minimum absolute atomic E-state index is 0.0775. The second kappa shape index (κ2) is 2.10. The summed E-state index contributed by atoms with van der Waals surface area (Å²) in [6.45, 7) is 2.04. The molecule has 0 saturated carbocycles. The largest absolute Gasteiger partial charge is 0.369 e. The predicted octanol–water partition coefficient (Wildman–Crippen LogP) is -1.60. The second-order valence-electron chi connectivity index (χ2n) is 2.50. The van der Waals surface area contributed by atoms with Crippen LogP contribution in [0.25, 0.3) is 0 Å². The molecule has 56 valence electrons. The minimum atomic E-state index is 0.0775. The van der Waals surface area contributed by atoms with Gasteiger partial charge in [-0.3, -0.25) is 10.7 Å². The molecular weight excluding hydrogens is 130 g/mol. The first-order valence-corrected chi connectivity index (χ1v) is 3.46. The topological polar surface area (TPSA) is 65.7 Å². The van der Waals surface area contributed by atoms with Gasteiger partial charge < -0.3 is 5.73 Å². The fourth-order valence-corrected chi connectivity index (χ4v) is 1.25. The summed E-state index contributed by atoms with van der Waals surface area (Å²) in [5.74, 6) is 0.513. The Morgan fingerprint density at radius 2 is 2.60 bits per heavy atom. The number of guanidine groups is 1. The van der Waals surface area contributed by atoms with E-state index in [2.05, 4.69) is 15.7 Å². The van der Waals surface area contributed by atoms with E-state index in [-0.39, 0.29) is 6.29 Å². The van der Waals surface area contributed by atoms with Crippen molar-refractivity contribution < 1.29 is 0 Å². The maximum Gasteiger partial charge on any atom is 0.206 e. The zero-order valence-corrected chi connectivity index (χ0v) is 5.67. The lowest BCUT2D eigenvalue weighted by Gasteiger charge is -2.27. The van der Waals surface area contributed by atoms with Crippen molar-refractivity contribution in [2.45, 2.75) is 12.7 Å². The van der Waals surface area contributed by atoms with Crippen LogP contribution in [-0.4, -0.2) is 30.3 Å². The minimum Gasteiger partial charge on any atom is -0.369 e. The molecule has 2 heterocycles. The highest BCUT2D eigenvalue weighted by molar-refractivity contribution is 5.78. The van der Waals surface area contributed by atoms with E-state index in [1.807, 2.05) is 5.01 Å². The molecule has 1 fully saturated rings. The van der Waals surface area contributed by atoms with Crippen LogP contribution in [0.3, 0.4) is 0 Å². The van der Waals surface area contributed by atoms with Crippen molar-refractivity contribution in [2.75, 3.05) is 13.1 Å². The first-order chi connectivity index (χ1) is 4.86. The number of fused-ring (bicyclic) bond motifs is 1. The second-order valence-corrected chi connectivity index (χ2v) is 2.50. The summed E-state index contributed by atoms with van der Waals surface area (Å²) in [7, 11) is 0. The zero-order chi connectivity index (χ0) is 6.97. The quantitative estimate of drug-likeness (QED) is 0.380. The molecule has 5 heteroatoms. The summed E-state index contributed by atoms with van der Waals surface area (Å²) in [6.07, 6.45) is 1.22. The highest BCUT2D eigenvalue weighted by Crippen LogP contribution is 2.05. The maximum atomic E-state index is 5.45. The van der Waals surface area contributed by atoms with E-state index in [0.29, 0.717) is 5.96 Å². The van der Waals surface area contributed by atoms with Crippen molar-refractivity contribution >= 4 is 5.96 Å². The Hall–Kier alpha value is -0.810. The molecule has 1 unspecified atom stereocenters. The molecule has 0 aliphatic carbocycles. The lowest BCUT2D eigenvalue weighted by atomic mass is 10.3. The van der Waals surface area contributed by atoms with E-state index in [4.69, 9.17) is 5.73 Å². The molecule has 4 N–H and O–H groups in total. The number of nitrogens with one attached hydrogen (secondary N) is 2. The van der Waals surface area contributed by atoms with E-state index in [0.717, 1.165) is 19.5 Å². The van der Waals surface area contributed by atoms with Crippen molar-refractivity contribution in [2.24, 2.45) is 10.7 Å². The van der Waals surface area contributed by atoms with Crippen molar-refractivity contribution in [3.8, 4) is 0 Å². The van der Waals surface area contributed by atoms with Crippen LogP contribution in [0, 0.1) is 0 Å². The molecule has 1 atom stereocenters. The first kappa shape index (κ1) is 5.94. The monoisotopic (exact) mass is 141 g/mol. The number of hydrazine groups is 1. The molecule has 0 aromatic carbocycles. The Morgan fingerprint density at radius 1 is 1.70 bits per heavy atom. The highest BCUT2D eigenvalue weighted by atomic mass is 15.7. The third kappa shape index (κ3) is 0.833. The Morgan fingerprint density at radius 3 is 3.40 bits per heavy atom. The molecule has 10 heavy (non-hydrogen) atoms. The van der Waals surface area contributed by atoms with Crippen LogP contribution in [0.5, 0.6) is 0 Å². The van der Waals surface area contributed by atoms with Gasteiger partial charge in [-0.25, -0.2) is 4.99 Å². The molecule has 2 rings (SSSR count). The highest BCUT2D eigenvalue weighted by Gasteiger charge is 2.26. The average molecular weight is 141 g/mol. The summed E-state index contributed by atoms with van der Waals surface area (Å²) < 4.78 is 0. The predicted molar refractivity (Wildman–Crippen MR) is 37.9 cm³/mol. The Kier molecular flexibility index (Phi) is 1.25. The first-order valence-electron chi connectivity index (χ1n) is 3.46. The number of hydrogen-bond donors (Lipinski definition) is 3. The van der Waals surface area contributed by atoms with Crippen LogP contribution in [0.4, 0.5) is 0 Å². The third-order valence-corrected chi connectivity index (χ3v) is 1.72. The van der Waals surface area contributed by atoms with Gasteiger partial charge in [-0.1, -0.05) is 0 Å². The van der Waals surface area contributed by atoms with Gasteiger partial charge in [-0.2, -0.15) is 5.01 Å². The van der Waals surface area contributed by atoms with Crippen LogP contribution >= 0.6 is 0 Å². The van der Waals surface area contributed by atoms with E-state index in [9.17, 15) is 0 Å². The Labute approximate surface area is 59.3 Å². The van der Waals surface area contributed by atoms with Gasteiger partial charge in [0.25, 0.3) is 0 Å². The zero-order valence-electron chi connectivity index (χ0n) is 5.67. The molecule has 5 nitrogen and oxygen atoms in total. The van der Waals surface area contributed by atoms with E-state index < -0.39 is 0 Å².